The van der Waals surface area contributed by atoms with Gasteiger partial charge in [-0.05, 0) is 26.2 Å². The maximum Gasteiger partial charge on any atom is 0.220 e. The maximum absolute atomic E-state index is 11.7. The number of rotatable bonds is 23. The van der Waals surface area contributed by atoms with Crippen LogP contribution in [-0.4, -0.2) is 89.7 Å². The van der Waals surface area contributed by atoms with Gasteiger partial charge < -0.3 is 33.7 Å². The lowest BCUT2D eigenvalue weighted by Crippen LogP contribution is -2.32. The van der Waals surface area contributed by atoms with Crippen molar-refractivity contribution >= 4 is 5.91 Å². The van der Waals surface area contributed by atoms with Gasteiger partial charge in [-0.1, -0.05) is 38.3 Å². The molecule has 0 saturated heterocycles. The van der Waals surface area contributed by atoms with Gasteiger partial charge in [0.2, 0.25) is 5.91 Å². The third-order valence-corrected chi connectivity index (χ3v) is 5.27. The Hall–Kier alpha value is -1.37. The molecule has 2 atom stereocenters. The Morgan fingerprint density at radius 2 is 1.50 bits per heavy atom. The van der Waals surface area contributed by atoms with Crippen molar-refractivity contribution in [1.29, 1.82) is 0 Å². The van der Waals surface area contributed by atoms with Crippen molar-refractivity contribution in [2.75, 3.05) is 66.7 Å². The van der Waals surface area contributed by atoms with Crippen molar-refractivity contribution in [3.05, 3.63) is 0 Å². The zero-order valence-electron chi connectivity index (χ0n) is 21.5. The molecule has 200 valence electrons. The number of hydrogen-bond acceptors (Lipinski definition) is 10. The van der Waals surface area contributed by atoms with Gasteiger partial charge in [0, 0.05) is 13.0 Å². The zero-order chi connectivity index (χ0) is 24.9. The van der Waals surface area contributed by atoms with Crippen LogP contribution in [0.5, 0.6) is 0 Å². The fraction of sp³-hybridized carbons (Fsp3) is 0.957. The predicted octanol–water partition coefficient (Wildman–Crippen LogP) is 3.10. The molecule has 1 aliphatic rings. The van der Waals surface area contributed by atoms with Gasteiger partial charge >= 0.3 is 0 Å². The zero-order valence-corrected chi connectivity index (χ0v) is 21.5. The molecule has 0 aliphatic carbocycles. The minimum atomic E-state index is 0.0634. The highest BCUT2D eigenvalue weighted by molar-refractivity contribution is 5.75. The van der Waals surface area contributed by atoms with Crippen LogP contribution < -0.4 is 5.32 Å². The van der Waals surface area contributed by atoms with E-state index < -0.39 is 0 Å². The molecule has 1 N–H and O–H groups in total. The minimum Gasteiger partial charge on any atom is -0.377 e. The Kier molecular flexibility index (Phi) is 18.9. The Labute approximate surface area is 204 Å². The number of unbranched alkanes of at least 4 members (excludes halogenated alkanes) is 2. The first-order valence-corrected chi connectivity index (χ1v) is 12.4. The Morgan fingerprint density at radius 3 is 2.15 bits per heavy atom. The number of carbonyl (C=O) groups is 1. The Balaban J connectivity index is 1.71. The van der Waals surface area contributed by atoms with Crippen LogP contribution >= 0.6 is 0 Å². The SMILES string of the molecule is CC(C)CCCCCC(=O)NCCOCCOCOCOCOCOCCN1N=NC(C)C1C. The van der Waals surface area contributed by atoms with E-state index in [-0.39, 0.29) is 39.1 Å². The number of carbonyl (C=O) groups excluding carboxylic acids is 1. The molecular formula is C23H46N4O7. The summed E-state index contributed by atoms with van der Waals surface area (Å²) in [5.74, 6) is 0.824. The lowest BCUT2D eigenvalue weighted by molar-refractivity contribution is -0.193. The van der Waals surface area contributed by atoms with Crippen molar-refractivity contribution in [1.82, 2.24) is 10.3 Å². The van der Waals surface area contributed by atoms with E-state index in [2.05, 4.69) is 36.4 Å². The molecule has 11 heteroatoms. The Bertz CT molecular complexity index is 526. The molecule has 2 unspecified atom stereocenters. The molecule has 0 fully saturated rings. The second-order valence-corrected chi connectivity index (χ2v) is 8.70. The van der Waals surface area contributed by atoms with Gasteiger partial charge in [0.1, 0.15) is 13.6 Å². The molecule has 0 aromatic carbocycles. The number of nitrogens with one attached hydrogen (secondary N) is 1. The highest BCUT2D eigenvalue weighted by Crippen LogP contribution is 2.15. The molecule has 34 heavy (non-hydrogen) atoms. The van der Waals surface area contributed by atoms with Crippen LogP contribution in [0.2, 0.25) is 0 Å². The number of amides is 1. The van der Waals surface area contributed by atoms with Gasteiger partial charge in [0.05, 0.1) is 45.1 Å². The van der Waals surface area contributed by atoms with Crippen molar-refractivity contribution in [2.24, 2.45) is 16.3 Å². The van der Waals surface area contributed by atoms with Gasteiger partial charge in [-0.25, -0.2) is 0 Å². The van der Waals surface area contributed by atoms with Gasteiger partial charge in [0.15, 0.2) is 13.6 Å². The summed E-state index contributed by atoms with van der Waals surface area (Å²) in [5, 5.41) is 13.0. The summed E-state index contributed by atoms with van der Waals surface area (Å²) < 4.78 is 31.6. The summed E-state index contributed by atoms with van der Waals surface area (Å²) in [4.78, 5) is 11.7. The van der Waals surface area contributed by atoms with Crippen LogP contribution in [0.4, 0.5) is 0 Å². The maximum atomic E-state index is 11.7. The van der Waals surface area contributed by atoms with E-state index in [1.807, 2.05) is 11.9 Å². The van der Waals surface area contributed by atoms with E-state index in [1.165, 1.54) is 12.8 Å². The first kappa shape index (κ1) is 30.7. The monoisotopic (exact) mass is 490 g/mol. The standard InChI is InChI=1S/C23H46N4O7/c1-20(2)8-6-5-7-9-23(28)24-10-12-29-14-15-31-17-33-19-34-18-32-16-30-13-11-27-22(4)21(3)25-26-27/h20-22H,5-19H2,1-4H3,(H,24,28). The largest absolute Gasteiger partial charge is 0.377 e. The summed E-state index contributed by atoms with van der Waals surface area (Å²) >= 11 is 0. The highest BCUT2D eigenvalue weighted by atomic mass is 16.8. The van der Waals surface area contributed by atoms with Crippen LogP contribution in [0.15, 0.2) is 10.3 Å². The lowest BCUT2D eigenvalue weighted by atomic mass is 10.0. The van der Waals surface area contributed by atoms with E-state index in [4.69, 9.17) is 28.4 Å². The van der Waals surface area contributed by atoms with Crippen molar-refractivity contribution in [2.45, 2.75) is 71.9 Å². The Morgan fingerprint density at radius 1 is 0.853 bits per heavy atom. The normalized spacial score (nSPS) is 17.7. The smallest absolute Gasteiger partial charge is 0.220 e. The van der Waals surface area contributed by atoms with E-state index in [0.29, 0.717) is 52.0 Å². The first-order chi connectivity index (χ1) is 16.5. The average Bonchev–Trinajstić information content (AvgIpc) is 3.12. The third kappa shape index (κ3) is 17.1. The summed E-state index contributed by atoms with van der Waals surface area (Å²) in [5.41, 5.74) is 0. The number of hydrogen-bond donors (Lipinski definition) is 1. The van der Waals surface area contributed by atoms with Crippen molar-refractivity contribution in [3.8, 4) is 0 Å². The fourth-order valence-electron chi connectivity index (χ4n) is 3.02. The third-order valence-electron chi connectivity index (χ3n) is 5.27. The van der Waals surface area contributed by atoms with Crippen LogP contribution in [0.1, 0.15) is 59.8 Å². The molecular weight excluding hydrogens is 444 g/mol. The lowest BCUT2D eigenvalue weighted by Gasteiger charge is -2.19. The molecule has 0 radical (unpaired) electrons. The molecule has 0 aromatic rings. The molecule has 1 aliphatic heterocycles. The topological polar surface area (TPSA) is 112 Å². The van der Waals surface area contributed by atoms with Crippen LogP contribution in [0, 0.1) is 5.92 Å². The van der Waals surface area contributed by atoms with E-state index in [9.17, 15) is 4.79 Å². The van der Waals surface area contributed by atoms with Crippen LogP contribution in [0.25, 0.3) is 0 Å². The second-order valence-electron chi connectivity index (χ2n) is 8.70. The fourth-order valence-corrected chi connectivity index (χ4v) is 3.02. The van der Waals surface area contributed by atoms with Gasteiger partial charge in [0.25, 0.3) is 0 Å². The molecule has 0 saturated carbocycles. The molecule has 1 heterocycles. The molecule has 0 spiro atoms. The summed E-state index contributed by atoms with van der Waals surface area (Å²) in [6, 6.07) is 0.518. The predicted molar refractivity (Wildman–Crippen MR) is 127 cm³/mol. The minimum absolute atomic E-state index is 0.0634. The van der Waals surface area contributed by atoms with Crippen molar-refractivity contribution in [3.63, 3.8) is 0 Å². The number of ether oxygens (including phenoxy) is 6. The van der Waals surface area contributed by atoms with Crippen molar-refractivity contribution < 1.29 is 33.2 Å². The molecule has 0 aromatic heterocycles. The summed E-state index contributed by atoms with van der Waals surface area (Å²) in [6.07, 6.45) is 5.07. The molecule has 0 bridgehead atoms. The highest BCUT2D eigenvalue weighted by Gasteiger charge is 2.24. The second kappa shape index (κ2) is 21.0. The summed E-state index contributed by atoms with van der Waals surface area (Å²) in [6.45, 7) is 12.0. The number of nitrogens with zero attached hydrogens (tertiary/aromatic N) is 3. The quantitative estimate of drug-likeness (QED) is 0.172. The summed E-state index contributed by atoms with van der Waals surface area (Å²) in [7, 11) is 0. The van der Waals surface area contributed by atoms with E-state index in [1.54, 1.807) is 0 Å². The van der Waals surface area contributed by atoms with Gasteiger partial charge in [-0.3, -0.25) is 9.80 Å². The van der Waals surface area contributed by atoms with E-state index in [0.717, 1.165) is 18.8 Å². The van der Waals surface area contributed by atoms with Crippen LogP contribution in [-0.2, 0) is 33.2 Å². The first-order valence-electron chi connectivity index (χ1n) is 12.4. The van der Waals surface area contributed by atoms with Gasteiger partial charge in [-0.15, -0.1) is 0 Å². The molecule has 1 rings (SSSR count). The van der Waals surface area contributed by atoms with E-state index >= 15 is 0 Å². The molecule has 1 amide bonds. The van der Waals surface area contributed by atoms with Gasteiger partial charge in [-0.2, -0.15) is 5.11 Å². The van der Waals surface area contributed by atoms with Crippen LogP contribution in [0.3, 0.4) is 0 Å². The molecule has 11 nitrogen and oxygen atoms in total. The average molecular weight is 491 g/mol.